The minimum absolute atomic E-state index is 0.209. The SMILES string of the molecule is Oc1nc[c]cn1. The zero-order valence-corrected chi connectivity index (χ0v) is 3.50. The van der Waals surface area contributed by atoms with Crippen molar-refractivity contribution in [3.05, 3.63) is 18.5 Å². The van der Waals surface area contributed by atoms with E-state index < -0.39 is 0 Å². The van der Waals surface area contributed by atoms with Crippen LogP contribution < -0.4 is 0 Å². The lowest BCUT2D eigenvalue weighted by atomic mass is 10.7. The van der Waals surface area contributed by atoms with Gasteiger partial charge in [-0.3, -0.25) is 0 Å². The maximum atomic E-state index is 8.39. The van der Waals surface area contributed by atoms with Gasteiger partial charge in [0.15, 0.2) is 0 Å². The van der Waals surface area contributed by atoms with E-state index in [9.17, 15) is 0 Å². The van der Waals surface area contributed by atoms with E-state index in [0.717, 1.165) is 0 Å². The van der Waals surface area contributed by atoms with Gasteiger partial charge < -0.3 is 5.11 Å². The molecule has 0 aromatic carbocycles. The zero-order valence-electron chi connectivity index (χ0n) is 3.50. The van der Waals surface area contributed by atoms with Crippen molar-refractivity contribution in [1.82, 2.24) is 9.97 Å². The summed E-state index contributed by atoms with van der Waals surface area (Å²) in [6.45, 7) is 0. The standard InChI is InChI=1S/C4H3N2O/c7-4-5-2-1-3-6-4/h2-3H,(H,5,6,7). The minimum Gasteiger partial charge on any atom is -0.479 e. The summed E-state index contributed by atoms with van der Waals surface area (Å²) in [4.78, 5) is 6.74. The molecule has 0 bridgehead atoms. The van der Waals surface area contributed by atoms with Crippen LogP contribution in [0.1, 0.15) is 0 Å². The molecule has 0 fully saturated rings. The molecule has 0 aliphatic heterocycles. The van der Waals surface area contributed by atoms with Crippen LogP contribution in [0.4, 0.5) is 0 Å². The Morgan fingerprint density at radius 2 is 2.00 bits per heavy atom. The van der Waals surface area contributed by atoms with Gasteiger partial charge in [0, 0.05) is 18.5 Å². The van der Waals surface area contributed by atoms with Gasteiger partial charge in [0.05, 0.1) is 0 Å². The van der Waals surface area contributed by atoms with Crippen LogP contribution in [0.15, 0.2) is 12.4 Å². The summed E-state index contributed by atoms with van der Waals surface area (Å²) < 4.78 is 0. The van der Waals surface area contributed by atoms with E-state index in [1.54, 1.807) is 0 Å². The van der Waals surface area contributed by atoms with E-state index in [0.29, 0.717) is 0 Å². The smallest absolute Gasteiger partial charge is 0.313 e. The van der Waals surface area contributed by atoms with Gasteiger partial charge in [0.25, 0.3) is 0 Å². The predicted octanol–water partition coefficient (Wildman–Crippen LogP) is -0.0176. The molecule has 0 aliphatic carbocycles. The van der Waals surface area contributed by atoms with Gasteiger partial charge in [-0.15, -0.1) is 0 Å². The van der Waals surface area contributed by atoms with E-state index in [2.05, 4.69) is 16.0 Å². The van der Waals surface area contributed by atoms with Crippen LogP contribution in [-0.4, -0.2) is 15.1 Å². The third-order valence-corrected chi connectivity index (χ3v) is 0.509. The van der Waals surface area contributed by atoms with E-state index in [1.807, 2.05) is 0 Å². The Balaban J connectivity index is 3.02. The normalized spacial score (nSPS) is 8.57. The maximum Gasteiger partial charge on any atom is 0.313 e. The van der Waals surface area contributed by atoms with Crippen molar-refractivity contribution in [2.75, 3.05) is 0 Å². The number of hydrogen-bond acceptors (Lipinski definition) is 3. The lowest BCUT2D eigenvalue weighted by molar-refractivity contribution is 0.430. The number of hydrogen-bond donors (Lipinski definition) is 1. The van der Waals surface area contributed by atoms with E-state index >= 15 is 0 Å². The van der Waals surface area contributed by atoms with Gasteiger partial charge in [0.2, 0.25) is 0 Å². The number of rotatable bonds is 0. The molecule has 3 heteroatoms. The molecule has 1 aromatic rings. The maximum absolute atomic E-state index is 8.39. The summed E-state index contributed by atoms with van der Waals surface area (Å²) >= 11 is 0. The summed E-state index contributed by atoms with van der Waals surface area (Å²) in [6.07, 6.45) is 2.70. The first-order chi connectivity index (χ1) is 3.39. The summed E-state index contributed by atoms with van der Waals surface area (Å²) in [5.41, 5.74) is 0. The Morgan fingerprint density at radius 1 is 1.43 bits per heavy atom. The van der Waals surface area contributed by atoms with Crippen molar-refractivity contribution in [2.24, 2.45) is 0 Å². The van der Waals surface area contributed by atoms with Gasteiger partial charge in [-0.05, 0) is 0 Å². The Kier molecular flexibility index (Phi) is 0.898. The predicted molar refractivity (Wildman–Crippen MR) is 22.5 cm³/mol. The van der Waals surface area contributed by atoms with E-state index in [-0.39, 0.29) is 6.01 Å². The van der Waals surface area contributed by atoms with Crippen LogP contribution in [0, 0.1) is 6.07 Å². The molecule has 0 atom stereocenters. The average molecular weight is 95.1 g/mol. The second-order valence-corrected chi connectivity index (χ2v) is 0.983. The number of nitrogens with zero attached hydrogens (tertiary/aromatic N) is 2. The zero-order chi connectivity index (χ0) is 5.11. The highest BCUT2D eigenvalue weighted by atomic mass is 16.3. The van der Waals surface area contributed by atoms with E-state index in [1.165, 1.54) is 12.4 Å². The fourth-order valence-corrected chi connectivity index (χ4v) is 0.257. The molecular weight excluding hydrogens is 92.1 g/mol. The molecule has 1 rings (SSSR count). The molecule has 0 saturated carbocycles. The van der Waals surface area contributed by atoms with Gasteiger partial charge in [-0.2, -0.15) is 0 Å². The largest absolute Gasteiger partial charge is 0.479 e. The molecule has 1 aromatic heterocycles. The highest BCUT2D eigenvalue weighted by Crippen LogP contribution is 1.88. The van der Waals surface area contributed by atoms with Crippen LogP contribution in [0.2, 0.25) is 0 Å². The highest BCUT2D eigenvalue weighted by molar-refractivity contribution is 4.88. The molecule has 35 valence electrons. The van der Waals surface area contributed by atoms with Gasteiger partial charge >= 0.3 is 6.01 Å². The molecule has 3 nitrogen and oxygen atoms in total. The first-order valence-electron chi connectivity index (χ1n) is 1.76. The molecule has 0 spiro atoms. The molecule has 7 heavy (non-hydrogen) atoms. The van der Waals surface area contributed by atoms with Crippen LogP contribution in [0.5, 0.6) is 6.01 Å². The molecule has 0 amide bonds. The molecule has 0 unspecified atom stereocenters. The summed E-state index contributed by atoms with van der Waals surface area (Å²) in [5, 5.41) is 8.39. The van der Waals surface area contributed by atoms with Gasteiger partial charge in [0.1, 0.15) is 0 Å². The lowest BCUT2D eigenvalue weighted by Crippen LogP contribution is -1.74. The topological polar surface area (TPSA) is 46.0 Å². The first-order valence-corrected chi connectivity index (χ1v) is 1.76. The number of aromatic hydroxyl groups is 1. The molecule has 1 heterocycles. The van der Waals surface area contributed by atoms with Crippen LogP contribution in [0.3, 0.4) is 0 Å². The minimum atomic E-state index is -0.209. The van der Waals surface area contributed by atoms with Crippen LogP contribution >= 0.6 is 0 Å². The Morgan fingerprint density at radius 3 is 2.29 bits per heavy atom. The molecule has 1 N–H and O–H groups in total. The third-order valence-electron chi connectivity index (χ3n) is 0.509. The Labute approximate surface area is 40.7 Å². The summed E-state index contributed by atoms with van der Waals surface area (Å²) in [5.74, 6) is 0. The van der Waals surface area contributed by atoms with Crippen molar-refractivity contribution in [1.29, 1.82) is 0 Å². The van der Waals surface area contributed by atoms with Gasteiger partial charge in [-0.1, -0.05) is 0 Å². The number of aromatic nitrogens is 2. The summed E-state index contributed by atoms with van der Waals surface area (Å²) in [7, 11) is 0. The average Bonchev–Trinajstić information content (AvgIpc) is 1.69. The second kappa shape index (κ2) is 1.55. The second-order valence-electron chi connectivity index (χ2n) is 0.983. The molecular formula is C4H3N2O. The van der Waals surface area contributed by atoms with Crippen LogP contribution in [0.25, 0.3) is 0 Å². The van der Waals surface area contributed by atoms with Crippen molar-refractivity contribution in [3.8, 4) is 6.01 Å². The molecule has 1 radical (unpaired) electrons. The molecule has 0 saturated heterocycles. The molecule has 0 aliphatic rings. The Bertz CT molecular complexity index is 140. The van der Waals surface area contributed by atoms with Crippen molar-refractivity contribution < 1.29 is 5.11 Å². The van der Waals surface area contributed by atoms with Crippen LogP contribution in [-0.2, 0) is 0 Å². The van der Waals surface area contributed by atoms with Crippen molar-refractivity contribution >= 4 is 0 Å². The fraction of sp³-hybridized carbons (Fsp3) is 0. The monoisotopic (exact) mass is 95.0 g/mol. The third kappa shape index (κ3) is 0.855. The van der Waals surface area contributed by atoms with Crippen molar-refractivity contribution in [2.45, 2.75) is 0 Å². The van der Waals surface area contributed by atoms with Crippen molar-refractivity contribution in [3.63, 3.8) is 0 Å². The fourth-order valence-electron chi connectivity index (χ4n) is 0.257. The summed E-state index contributed by atoms with van der Waals surface area (Å²) in [6, 6.07) is 2.34. The first kappa shape index (κ1) is 4.05. The van der Waals surface area contributed by atoms with E-state index in [4.69, 9.17) is 5.11 Å². The quantitative estimate of drug-likeness (QED) is 0.492. The Hall–Kier alpha value is -1.12. The highest BCUT2D eigenvalue weighted by Gasteiger charge is 1.78. The lowest BCUT2D eigenvalue weighted by Gasteiger charge is -1.79. The van der Waals surface area contributed by atoms with Gasteiger partial charge in [-0.25, -0.2) is 9.97 Å².